The summed E-state index contributed by atoms with van der Waals surface area (Å²) < 4.78 is 1.85. The van der Waals surface area contributed by atoms with Crippen LogP contribution in [0, 0.1) is 17.0 Å². The molecule has 0 aliphatic heterocycles. The summed E-state index contributed by atoms with van der Waals surface area (Å²) in [5.74, 6) is -0.171. The van der Waals surface area contributed by atoms with E-state index in [-0.39, 0.29) is 11.6 Å². The molecule has 146 valence electrons. The van der Waals surface area contributed by atoms with E-state index in [2.05, 4.69) is 10.3 Å². The summed E-state index contributed by atoms with van der Waals surface area (Å²) in [6.07, 6.45) is 2.63. The monoisotopic (exact) mass is 406 g/mol. The van der Waals surface area contributed by atoms with Crippen molar-refractivity contribution in [2.45, 2.75) is 20.3 Å². The van der Waals surface area contributed by atoms with Crippen LogP contribution in [-0.4, -0.2) is 20.2 Å². The van der Waals surface area contributed by atoms with Crippen molar-refractivity contribution in [3.63, 3.8) is 0 Å². The molecule has 0 bridgehead atoms. The molecular formula is C21H18N4O3S. The third kappa shape index (κ3) is 3.50. The molecule has 4 rings (SSSR count). The lowest BCUT2D eigenvalue weighted by Crippen LogP contribution is -2.13. The van der Waals surface area contributed by atoms with Gasteiger partial charge in [-0.2, -0.15) is 0 Å². The number of hydrogen-bond donors (Lipinski definition) is 1. The van der Waals surface area contributed by atoms with Gasteiger partial charge in [-0.15, -0.1) is 0 Å². The Bertz CT molecular complexity index is 1240. The number of amides is 1. The van der Waals surface area contributed by atoms with Gasteiger partial charge >= 0.3 is 0 Å². The number of non-ortho nitro benzene ring substituents is 1. The lowest BCUT2D eigenvalue weighted by Gasteiger charge is -2.09. The van der Waals surface area contributed by atoms with Crippen molar-refractivity contribution in [1.82, 2.24) is 9.38 Å². The molecular weight excluding hydrogens is 388 g/mol. The number of aromatic nitrogens is 2. The molecule has 2 aromatic carbocycles. The second-order valence-corrected chi connectivity index (χ2v) is 7.55. The Kier molecular flexibility index (Phi) is 4.85. The Hall–Kier alpha value is -3.52. The number of carbonyl (C=O) groups excluding carboxylic acids is 1. The van der Waals surface area contributed by atoms with Gasteiger partial charge in [0.25, 0.3) is 11.6 Å². The van der Waals surface area contributed by atoms with Crippen molar-refractivity contribution < 1.29 is 9.72 Å². The molecule has 0 atom stereocenters. The smallest absolute Gasteiger partial charge is 0.270 e. The van der Waals surface area contributed by atoms with Crippen LogP contribution in [0.15, 0.2) is 54.7 Å². The summed E-state index contributed by atoms with van der Waals surface area (Å²) in [5.41, 5.74) is 3.98. The zero-order valence-corrected chi connectivity index (χ0v) is 16.7. The van der Waals surface area contributed by atoms with E-state index in [0.29, 0.717) is 21.1 Å². The topological polar surface area (TPSA) is 89.5 Å². The fourth-order valence-electron chi connectivity index (χ4n) is 3.21. The molecule has 0 fully saturated rings. The van der Waals surface area contributed by atoms with Crippen LogP contribution in [0.25, 0.3) is 16.2 Å². The van der Waals surface area contributed by atoms with E-state index in [9.17, 15) is 14.9 Å². The third-order valence-electron chi connectivity index (χ3n) is 4.76. The van der Waals surface area contributed by atoms with Gasteiger partial charge in [-0.1, -0.05) is 48.6 Å². The van der Waals surface area contributed by atoms with Crippen LogP contribution in [0.3, 0.4) is 0 Å². The normalized spacial score (nSPS) is 11.0. The molecule has 8 heteroatoms. The van der Waals surface area contributed by atoms with Crippen molar-refractivity contribution in [1.29, 1.82) is 0 Å². The Balaban J connectivity index is 1.66. The number of carbonyl (C=O) groups is 1. The fraction of sp³-hybridized carbons (Fsp3) is 0.143. The van der Waals surface area contributed by atoms with Gasteiger partial charge in [0, 0.05) is 35.3 Å². The first-order valence-corrected chi connectivity index (χ1v) is 9.92. The van der Waals surface area contributed by atoms with Crippen LogP contribution >= 0.6 is 11.3 Å². The van der Waals surface area contributed by atoms with E-state index in [4.69, 9.17) is 0 Å². The standard InChI is InChI=1S/C21H18N4O3S/c1-3-14-7-4-5-10-17(14)22-20(26)19-13(2)24-12-18(23-21(24)29-19)15-8-6-9-16(11-15)25(27)28/h4-12H,3H2,1-2H3,(H,22,26). The number of benzene rings is 2. The maximum absolute atomic E-state index is 12.8. The minimum Gasteiger partial charge on any atom is -0.321 e. The van der Waals surface area contributed by atoms with Crippen molar-refractivity contribution in [2.75, 3.05) is 5.32 Å². The lowest BCUT2D eigenvalue weighted by atomic mass is 10.1. The molecule has 0 aliphatic carbocycles. The highest BCUT2D eigenvalue weighted by Crippen LogP contribution is 2.29. The summed E-state index contributed by atoms with van der Waals surface area (Å²) in [4.78, 5) is 29.2. The summed E-state index contributed by atoms with van der Waals surface area (Å²) in [6.45, 7) is 3.91. The molecule has 1 N–H and O–H groups in total. The first-order chi connectivity index (χ1) is 14.0. The van der Waals surface area contributed by atoms with Gasteiger partial charge in [0.15, 0.2) is 4.96 Å². The van der Waals surface area contributed by atoms with Crippen LogP contribution in [0.4, 0.5) is 11.4 Å². The Morgan fingerprint density at radius 3 is 2.76 bits per heavy atom. The van der Waals surface area contributed by atoms with Gasteiger partial charge in [0.05, 0.1) is 10.6 Å². The highest BCUT2D eigenvalue weighted by Gasteiger charge is 2.19. The maximum atomic E-state index is 12.8. The van der Waals surface area contributed by atoms with Crippen molar-refractivity contribution in [3.8, 4) is 11.3 Å². The number of para-hydroxylation sites is 1. The van der Waals surface area contributed by atoms with Crippen LogP contribution in [0.2, 0.25) is 0 Å². The molecule has 1 amide bonds. The average Bonchev–Trinajstić information content (AvgIpc) is 3.28. The Morgan fingerprint density at radius 1 is 1.24 bits per heavy atom. The molecule has 0 aliphatic rings. The molecule has 0 saturated heterocycles. The number of aryl methyl sites for hydroxylation is 2. The van der Waals surface area contributed by atoms with E-state index < -0.39 is 4.92 Å². The number of anilines is 1. The van der Waals surface area contributed by atoms with E-state index in [1.54, 1.807) is 18.3 Å². The van der Waals surface area contributed by atoms with Gasteiger partial charge in [-0.3, -0.25) is 19.3 Å². The van der Waals surface area contributed by atoms with Crippen LogP contribution in [0.1, 0.15) is 27.9 Å². The largest absolute Gasteiger partial charge is 0.321 e. The number of rotatable bonds is 5. The molecule has 7 nitrogen and oxygen atoms in total. The zero-order chi connectivity index (χ0) is 20.5. The van der Waals surface area contributed by atoms with Crippen LogP contribution in [0.5, 0.6) is 0 Å². The number of nitro groups is 1. The predicted octanol–water partition coefficient (Wildman–Crippen LogP) is 5.09. The summed E-state index contributed by atoms with van der Waals surface area (Å²) in [5, 5.41) is 14.0. The first-order valence-electron chi connectivity index (χ1n) is 9.10. The van der Waals surface area contributed by atoms with Gasteiger partial charge in [0.1, 0.15) is 4.88 Å². The summed E-state index contributed by atoms with van der Waals surface area (Å²) in [6, 6.07) is 14.1. The van der Waals surface area contributed by atoms with Crippen molar-refractivity contribution in [2.24, 2.45) is 0 Å². The second kappa shape index (κ2) is 7.48. The predicted molar refractivity (Wildman–Crippen MR) is 114 cm³/mol. The van der Waals surface area contributed by atoms with E-state index >= 15 is 0 Å². The van der Waals surface area contributed by atoms with Gasteiger partial charge in [-0.05, 0) is 25.0 Å². The highest BCUT2D eigenvalue weighted by molar-refractivity contribution is 7.19. The number of fused-ring (bicyclic) bond motifs is 1. The molecule has 0 radical (unpaired) electrons. The molecule has 2 aromatic heterocycles. The highest BCUT2D eigenvalue weighted by atomic mass is 32.1. The van der Waals surface area contributed by atoms with Gasteiger partial charge in [-0.25, -0.2) is 4.98 Å². The number of nitro benzene ring substituents is 1. The number of imidazole rings is 1. The zero-order valence-electron chi connectivity index (χ0n) is 15.9. The second-order valence-electron chi connectivity index (χ2n) is 6.57. The number of nitrogens with zero attached hydrogens (tertiary/aromatic N) is 3. The molecule has 2 heterocycles. The molecule has 0 spiro atoms. The van der Waals surface area contributed by atoms with Crippen molar-refractivity contribution >= 4 is 33.6 Å². The minimum atomic E-state index is -0.427. The van der Waals surface area contributed by atoms with E-state index in [0.717, 1.165) is 23.4 Å². The average molecular weight is 406 g/mol. The summed E-state index contributed by atoms with van der Waals surface area (Å²) in [7, 11) is 0. The van der Waals surface area contributed by atoms with Crippen LogP contribution in [-0.2, 0) is 6.42 Å². The quantitative estimate of drug-likeness (QED) is 0.369. The third-order valence-corrected chi connectivity index (χ3v) is 5.92. The van der Waals surface area contributed by atoms with Crippen LogP contribution < -0.4 is 5.32 Å². The molecule has 0 saturated carbocycles. The minimum absolute atomic E-state index is 0.0187. The van der Waals surface area contributed by atoms with Gasteiger partial charge in [0.2, 0.25) is 0 Å². The lowest BCUT2D eigenvalue weighted by molar-refractivity contribution is -0.384. The van der Waals surface area contributed by atoms with E-state index in [1.807, 2.05) is 42.5 Å². The number of nitrogens with one attached hydrogen (secondary N) is 1. The first kappa shape index (κ1) is 18.8. The maximum Gasteiger partial charge on any atom is 0.270 e. The van der Waals surface area contributed by atoms with Gasteiger partial charge < -0.3 is 5.32 Å². The fourth-order valence-corrected chi connectivity index (χ4v) is 4.21. The molecule has 4 aromatic rings. The van der Waals surface area contributed by atoms with Crippen molar-refractivity contribution in [3.05, 3.63) is 81.0 Å². The molecule has 29 heavy (non-hydrogen) atoms. The molecule has 0 unspecified atom stereocenters. The Labute approximate surface area is 170 Å². The van der Waals surface area contributed by atoms with E-state index in [1.165, 1.54) is 23.5 Å². The SMILES string of the molecule is CCc1ccccc1NC(=O)c1sc2nc(-c3cccc([N+](=O)[O-])c3)cn2c1C. The number of thiazole rings is 1. The summed E-state index contributed by atoms with van der Waals surface area (Å²) >= 11 is 1.30. The Morgan fingerprint density at radius 2 is 2.03 bits per heavy atom. The number of hydrogen-bond acceptors (Lipinski definition) is 5.